The highest BCUT2D eigenvalue weighted by molar-refractivity contribution is 7.90. The Bertz CT molecular complexity index is 2150. The molecule has 1 amide bonds. The van der Waals surface area contributed by atoms with Gasteiger partial charge in [0.25, 0.3) is 15.9 Å². The maximum absolute atomic E-state index is 13.8. The predicted octanol–water partition coefficient (Wildman–Crippen LogP) is 6.10. The van der Waals surface area contributed by atoms with Crippen LogP contribution < -0.4 is 19.7 Å². The molecule has 16 heteroatoms. The van der Waals surface area contributed by atoms with Crippen molar-refractivity contribution in [1.82, 2.24) is 24.6 Å². The first-order valence-corrected chi connectivity index (χ1v) is 20.8. The lowest BCUT2D eigenvalue weighted by Crippen LogP contribution is -2.57. The predicted molar refractivity (Wildman–Crippen MR) is 207 cm³/mol. The number of nitrogens with zero attached hydrogens (tertiary/aromatic N) is 5. The highest BCUT2D eigenvalue weighted by atomic mass is 32.2. The summed E-state index contributed by atoms with van der Waals surface area (Å²) < 4.78 is 41.1. The van der Waals surface area contributed by atoms with Crippen LogP contribution in [-0.4, -0.2) is 91.1 Å². The number of aromatic nitrogens is 3. The van der Waals surface area contributed by atoms with E-state index in [9.17, 15) is 23.3 Å². The van der Waals surface area contributed by atoms with Crippen molar-refractivity contribution in [3.63, 3.8) is 0 Å². The monoisotopic (exact) mass is 772 g/mol. The first-order chi connectivity index (χ1) is 26.5. The minimum Gasteiger partial charge on any atom is -0.455 e. The molecule has 1 spiro atoms. The van der Waals surface area contributed by atoms with Gasteiger partial charge in [-0.25, -0.2) is 23.1 Å². The number of hydrogen-bond acceptors (Lipinski definition) is 12. The molecule has 8 rings (SSSR count). The fourth-order valence-corrected chi connectivity index (χ4v) is 9.67. The fraction of sp³-hybridized carbons (Fsp3) is 0.513. The number of aromatic amines is 1. The first kappa shape index (κ1) is 37.1. The number of pyridine rings is 2. The topological polar surface area (TPSA) is 185 Å². The summed E-state index contributed by atoms with van der Waals surface area (Å²) in [4.78, 5) is 41.1. The number of benzene rings is 1. The van der Waals surface area contributed by atoms with E-state index >= 15 is 0 Å². The number of H-pyrrole nitrogens is 1. The Hall–Kier alpha value is -4.80. The van der Waals surface area contributed by atoms with Gasteiger partial charge < -0.3 is 24.7 Å². The SMILES string of the molecule is C[C@H]1CC[C@@H](CNc2ncc(S(=O)(=O)NC(=O)c3ccc(N4CCC5(CC4)CC(N4CCOCC4)C5)cc3Oc3cnc4[nH]ccc4c3)cc2[N+](=O)[O-])CC1. The molecule has 1 aromatic carbocycles. The van der Waals surface area contributed by atoms with Gasteiger partial charge in [0.2, 0.25) is 5.82 Å². The van der Waals surface area contributed by atoms with Crippen LogP contribution in [0.15, 0.2) is 59.9 Å². The number of ether oxygens (including phenoxy) is 2. The maximum Gasteiger partial charge on any atom is 0.312 e. The lowest BCUT2D eigenvalue weighted by molar-refractivity contribution is -0.384. The number of rotatable bonds is 11. The molecule has 292 valence electrons. The van der Waals surface area contributed by atoms with Crippen molar-refractivity contribution >= 4 is 44.2 Å². The van der Waals surface area contributed by atoms with Gasteiger partial charge in [-0.15, -0.1) is 0 Å². The molecule has 15 nitrogen and oxygen atoms in total. The minimum atomic E-state index is -4.57. The van der Waals surface area contributed by atoms with Gasteiger partial charge in [-0.2, -0.15) is 0 Å². The van der Waals surface area contributed by atoms with Crippen molar-refractivity contribution in [2.24, 2.45) is 17.3 Å². The number of piperidine rings is 1. The Morgan fingerprint density at radius 3 is 2.55 bits per heavy atom. The lowest BCUT2D eigenvalue weighted by Gasteiger charge is -2.56. The average Bonchev–Trinajstić information content (AvgIpc) is 3.65. The summed E-state index contributed by atoms with van der Waals surface area (Å²) in [7, 11) is -4.57. The summed E-state index contributed by atoms with van der Waals surface area (Å²) >= 11 is 0. The van der Waals surface area contributed by atoms with Crippen LogP contribution in [0.1, 0.15) is 68.6 Å². The number of carbonyl (C=O) groups is 1. The Kier molecular flexibility index (Phi) is 10.4. The van der Waals surface area contributed by atoms with Crippen molar-refractivity contribution < 1.29 is 27.6 Å². The molecular formula is C39H48N8O7S. The molecule has 2 aliphatic carbocycles. The Morgan fingerprint density at radius 2 is 1.80 bits per heavy atom. The molecule has 2 aliphatic heterocycles. The molecule has 0 atom stereocenters. The number of carbonyl (C=O) groups excluding carboxylic acids is 1. The summed E-state index contributed by atoms with van der Waals surface area (Å²) in [5.41, 5.74) is 1.37. The van der Waals surface area contributed by atoms with E-state index in [-0.39, 0.29) is 17.1 Å². The lowest BCUT2D eigenvalue weighted by atomic mass is 9.60. The third-order valence-electron chi connectivity index (χ3n) is 12.2. The summed E-state index contributed by atoms with van der Waals surface area (Å²) in [6, 6.07) is 10.3. The summed E-state index contributed by atoms with van der Waals surface area (Å²) in [5.74, 6) is 0.582. The Balaban J connectivity index is 0.991. The summed E-state index contributed by atoms with van der Waals surface area (Å²) in [5, 5.41) is 15.9. The second kappa shape index (κ2) is 15.4. The van der Waals surface area contributed by atoms with E-state index in [4.69, 9.17) is 9.47 Å². The summed E-state index contributed by atoms with van der Waals surface area (Å²) in [6.45, 7) is 8.04. The van der Waals surface area contributed by atoms with Gasteiger partial charge in [0, 0.05) is 68.2 Å². The Morgan fingerprint density at radius 1 is 1.04 bits per heavy atom. The molecule has 55 heavy (non-hydrogen) atoms. The molecule has 0 bridgehead atoms. The van der Waals surface area contributed by atoms with Gasteiger partial charge in [0.1, 0.15) is 22.0 Å². The third-order valence-corrected chi connectivity index (χ3v) is 13.5. The molecule has 4 aromatic rings. The number of amides is 1. The number of nitro groups is 1. The van der Waals surface area contributed by atoms with Crippen LogP contribution in [-0.2, 0) is 14.8 Å². The molecular weight excluding hydrogens is 725 g/mol. The second-order valence-electron chi connectivity index (χ2n) is 15.8. The molecule has 3 N–H and O–H groups in total. The van der Waals surface area contributed by atoms with Gasteiger partial charge >= 0.3 is 5.69 Å². The molecule has 4 fully saturated rings. The van der Waals surface area contributed by atoms with Crippen LogP contribution in [0.2, 0.25) is 0 Å². The number of fused-ring (bicyclic) bond motifs is 1. The zero-order chi connectivity index (χ0) is 38.2. The van der Waals surface area contributed by atoms with E-state index in [0.29, 0.717) is 41.2 Å². The van der Waals surface area contributed by atoms with Gasteiger partial charge in [0.15, 0.2) is 0 Å². The van der Waals surface area contributed by atoms with E-state index in [0.717, 1.165) is 101 Å². The van der Waals surface area contributed by atoms with Crippen molar-refractivity contribution in [3.05, 3.63) is 70.7 Å². The summed E-state index contributed by atoms with van der Waals surface area (Å²) in [6.07, 6.45) is 13.1. The highest BCUT2D eigenvalue weighted by Gasteiger charge is 2.48. The largest absolute Gasteiger partial charge is 0.455 e. The molecule has 0 radical (unpaired) electrons. The zero-order valence-electron chi connectivity index (χ0n) is 31.0. The van der Waals surface area contributed by atoms with Crippen molar-refractivity contribution in [2.45, 2.75) is 69.2 Å². The van der Waals surface area contributed by atoms with E-state index in [1.54, 1.807) is 30.5 Å². The maximum atomic E-state index is 13.8. The standard InChI is InChI=1S/C39H48N8O7S/c1-26-2-4-27(5-3-26)23-41-37-34(47(49)50)20-32(25-43-37)55(51,52)44-38(48)33-7-6-29(19-35(33)54-31-18-28-8-11-40-36(28)42-24-31)45-12-9-39(10-13-45)21-30(22-39)46-14-16-53-17-15-46/h6-8,11,18-20,24-27,30H,2-5,9-10,12-17,21-23H2,1H3,(H,40,42)(H,41,43)(H,44,48)/t26-,27+. The molecule has 2 saturated carbocycles. The van der Waals surface area contributed by atoms with Gasteiger partial charge in [-0.05, 0) is 80.0 Å². The molecule has 4 aliphatic rings. The van der Waals surface area contributed by atoms with E-state index < -0.39 is 31.4 Å². The minimum absolute atomic E-state index is 0.00830. The number of anilines is 2. The van der Waals surface area contributed by atoms with E-state index in [1.807, 2.05) is 6.07 Å². The second-order valence-corrected chi connectivity index (χ2v) is 17.5. The van der Waals surface area contributed by atoms with Crippen LogP contribution in [0.25, 0.3) is 11.0 Å². The molecule has 5 heterocycles. The number of nitrogens with one attached hydrogen (secondary N) is 3. The van der Waals surface area contributed by atoms with Gasteiger partial charge in [0.05, 0.1) is 36.1 Å². The van der Waals surface area contributed by atoms with Crippen molar-refractivity contribution in [2.75, 3.05) is 56.2 Å². The molecule has 0 unspecified atom stereocenters. The number of morpholine rings is 1. The number of sulfonamides is 1. The van der Waals surface area contributed by atoms with Crippen LogP contribution in [0.5, 0.6) is 11.5 Å². The molecule has 3 aromatic heterocycles. The van der Waals surface area contributed by atoms with E-state index in [1.165, 1.54) is 19.0 Å². The van der Waals surface area contributed by atoms with Crippen molar-refractivity contribution in [1.29, 1.82) is 0 Å². The van der Waals surface area contributed by atoms with Crippen LogP contribution in [0, 0.1) is 27.4 Å². The third kappa shape index (κ3) is 8.12. The fourth-order valence-electron chi connectivity index (χ4n) is 8.74. The van der Waals surface area contributed by atoms with Gasteiger partial charge in [-0.1, -0.05) is 19.8 Å². The molecule has 2 saturated heterocycles. The Labute approximate surface area is 320 Å². The number of hydrogen-bond donors (Lipinski definition) is 3. The normalized spacial score (nSPS) is 21.9. The zero-order valence-corrected chi connectivity index (χ0v) is 31.9. The highest BCUT2D eigenvalue weighted by Crippen LogP contribution is 2.51. The van der Waals surface area contributed by atoms with Crippen LogP contribution in [0.3, 0.4) is 0 Å². The van der Waals surface area contributed by atoms with Gasteiger partial charge in [-0.3, -0.25) is 19.8 Å². The average molecular weight is 773 g/mol. The van der Waals surface area contributed by atoms with Crippen molar-refractivity contribution in [3.8, 4) is 11.5 Å². The van der Waals surface area contributed by atoms with Crippen LogP contribution in [0.4, 0.5) is 17.2 Å². The quantitative estimate of drug-likeness (QED) is 0.118. The van der Waals surface area contributed by atoms with E-state index in [2.05, 4.69) is 41.7 Å². The smallest absolute Gasteiger partial charge is 0.312 e. The van der Waals surface area contributed by atoms with Crippen LogP contribution >= 0.6 is 0 Å². The first-order valence-electron chi connectivity index (χ1n) is 19.3.